The molecule has 1 unspecified atom stereocenters. The number of aromatic nitrogens is 1. The summed E-state index contributed by atoms with van der Waals surface area (Å²) in [5.74, 6) is -0.392. The van der Waals surface area contributed by atoms with Crippen LogP contribution in [0.3, 0.4) is 0 Å². The fraction of sp³-hybridized carbons (Fsp3) is 0.259. The van der Waals surface area contributed by atoms with Gasteiger partial charge in [-0.3, -0.25) is 15.1 Å². The lowest BCUT2D eigenvalue weighted by Crippen LogP contribution is -2.39. The molecule has 0 radical (unpaired) electrons. The van der Waals surface area contributed by atoms with E-state index in [1.165, 1.54) is 12.3 Å². The number of anilines is 1. The number of nitrogens with zero attached hydrogens (tertiary/aromatic N) is 3. The molecule has 1 aliphatic heterocycles. The predicted octanol–water partition coefficient (Wildman–Crippen LogP) is 4.54. The summed E-state index contributed by atoms with van der Waals surface area (Å²) in [5, 5.41) is 9.49. The fourth-order valence-corrected chi connectivity index (χ4v) is 4.55. The van der Waals surface area contributed by atoms with E-state index in [0.29, 0.717) is 56.5 Å². The molecule has 3 aromatic rings. The number of benzene rings is 2. The number of hydrogen-bond acceptors (Lipinski definition) is 8. The third kappa shape index (κ3) is 5.55. The summed E-state index contributed by atoms with van der Waals surface area (Å²) < 4.78 is 20.1. The minimum Gasteiger partial charge on any atom is -0.423 e. The van der Waals surface area contributed by atoms with Crippen LogP contribution in [0, 0.1) is 12.7 Å². The number of rotatable bonds is 7. The maximum absolute atomic E-state index is 14.2. The smallest absolute Gasteiger partial charge is 0.302 e. The number of guanidine groups is 1. The summed E-state index contributed by atoms with van der Waals surface area (Å²) >= 11 is 6.61. The molecule has 1 amide bonds. The van der Waals surface area contributed by atoms with Crippen LogP contribution in [0.25, 0.3) is 11.1 Å². The van der Waals surface area contributed by atoms with Gasteiger partial charge in [0.1, 0.15) is 17.4 Å². The fourth-order valence-electron chi connectivity index (χ4n) is 4.21. The number of oxazole rings is 1. The molecule has 0 aliphatic carbocycles. The first-order chi connectivity index (χ1) is 18.2. The average Bonchev–Trinajstić information content (AvgIpc) is 3.28. The zero-order valence-corrected chi connectivity index (χ0v) is 22.3. The molecule has 0 saturated heterocycles. The van der Waals surface area contributed by atoms with Gasteiger partial charge >= 0.3 is 6.01 Å². The van der Waals surface area contributed by atoms with Crippen LogP contribution in [0.15, 0.2) is 67.8 Å². The molecule has 9 nitrogen and oxygen atoms in total. The van der Waals surface area contributed by atoms with E-state index in [4.69, 9.17) is 26.7 Å². The number of nitrogens with one attached hydrogen (secondary N) is 3. The Morgan fingerprint density at radius 1 is 1.32 bits per heavy atom. The van der Waals surface area contributed by atoms with E-state index in [2.05, 4.69) is 25.9 Å². The van der Waals surface area contributed by atoms with Gasteiger partial charge in [-0.05, 0) is 44.0 Å². The number of carbonyl (C=O) groups excluding carboxylic acids is 1. The van der Waals surface area contributed by atoms with Crippen molar-refractivity contribution in [2.24, 2.45) is 15.7 Å². The van der Waals surface area contributed by atoms with Gasteiger partial charge in [-0.15, -0.1) is 0 Å². The predicted molar refractivity (Wildman–Crippen MR) is 149 cm³/mol. The normalized spacial score (nSPS) is 16.1. The van der Waals surface area contributed by atoms with Gasteiger partial charge in [-0.2, -0.15) is 4.98 Å². The lowest BCUT2D eigenvalue weighted by Gasteiger charge is -2.27. The van der Waals surface area contributed by atoms with Crippen molar-refractivity contribution in [3.8, 4) is 0 Å². The number of amides is 1. The molecule has 11 heteroatoms. The van der Waals surface area contributed by atoms with Crippen molar-refractivity contribution in [3.05, 3.63) is 80.9 Å². The monoisotopic (exact) mass is 537 g/mol. The third-order valence-corrected chi connectivity index (χ3v) is 6.41. The Bertz CT molecular complexity index is 1510. The quantitative estimate of drug-likeness (QED) is 0.327. The van der Waals surface area contributed by atoms with Crippen molar-refractivity contribution in [1.29, 1.82) is 0 Å². The number of allylic oxidation sites excluding steroid dienone is 1. The summed E-state index contributed by atoms with van der Waals surface area (Å²) in [7, 11) is 1.62. The van der Waals surface area contributed by atoms with E-state index in [0.717, 1.165) is 5.56 Å². The van der Waals surface area contributed by atoms with Crippen LogP contribution in [-0.2, 0) is 11.2 Å². The first-order valence-electron chi connectivity index (χ1n) is 12.0. The molecule has 38 heavy (non-hydrogen) atoms. The molecular formula is C27H29ClFN7O2. The molecule has 4 rings (SSSR count). The van der Waals surface area contributed by atoms with Crippen molar-refractivity contribution in [3.63, 3.8) is 0 Å². The third-order valence-electron chi connectivity index (χ3n) is 6.08. The first-order valence-corrected chi connectivity index (χ1v) is 12.4. The maximum atomic E-state index is 14.2. The van der Waals surface area contributed by atoms with Crippen molar-refractivity contribution >= 4 is 46.8 Å². The molecule has 5 N–H and O–H groups in total. The average molecular weight is 538 g/mol. The molecule has 2 heterocycles. The zero-order valence-electron chi connectivity index (χ0n) is 21.5. The second-order valence-electron chi connectivity index (χ2n) is 8.75. The Balaban J connectivity index is 1.69. The lowest BCUT2D eigenvalue weighted by atomic mass is 9.95. The van der Waals surface area contributed by atoms with Gasteiger partial charge in [0, 0.05) is 53.4 Å². The highest BCUT2D eigenvalue weighted by molar-refractivity contribution is 6.31. The molecule has 1 aliphatic rings. The van der Waals surface area contributed by atoms with E-state index in [-0.39, 0.29) is 24.3 Å². The van der Waals surface area contributed by atoms with E-state index in [1.54, 1.807) is 26.3 Å². The maximum Gasteiger partial charge on any atom is 0.302 e. The van der Waals surface area contributed by atoms with Crippen LogP contribution in [0.5, 0.6) is 0 Å². The van der Waals surface area contributed by atoms with E-state index in [1.807, 2.05) is 32.0 Å². The van der Waals surface area contributed by atoms with Crippen molar-refractivity contribution < 1.29 is 13.6 Å². The standard InChI is InChI=1S/C27H29ClFN7O2/c1-5-17-20(29)8-9-21-24(17)38-27(34-21)36-26-33-15(3)22(25(37)32-13-16(11-30)12-31-4)23(35-26)18-7-6-14(2)10-19(18)28/h6-12,23H,5,13,30H2,1-4H3,(H,32,37)(H2,33,34,35,36). The van der Waals surface area contributed by atoms with Crippen molar-refractivity contribution in [2.45, 2.75) is 33.2 Å². The minimum atomic E-state index is -0.731. The van der Waals surface area contributed by atoms with Gasteiger partial charge in [0.2, 0.25) is 5.96 Å². The summed E-state index contributed by atoms with van der Waals surface area (Å²) in [5.41, 5.74) is 10.2. The van der Waals surface area contributed by atoms with Crippen molar-refractivity contribution in [2.75, 3.05) is 18.9 Å². The van der Waals surface area contributed by atoms with Crippen LogP contribution in [-0.4, -0.2) is 36.7 Å². The highest BCUT2D eigenvalue weighted by Crippen LogP contribution is 2.35. The zero-order chi connectivity index (χ0) is 27.4. The van der Waals surface area contributed by atoms with Crippen LogP contribution in [0.1, 0.15) is 36.6 Å². The minimum absolute atomic E-state index is 0.137. The van der Waals surface area contributed by atoms with Gasteiger partial charge in [0.25, 0.3) is 5.91 Å². The van der Waals surface area contributed by atoms with Crippen LogP contribution in [0.2, 0.25) is 5.02 Å². The molecule has 2 aromatic carbocycles. The second kappa shape index (κ2) is 11.5. The summed E-state index contributed by atoms with van der Waals surface area (Å²) in [6, 6.07) is 7.91. The molecule has 1 aromatic heterocycles. The Morgan fingerprint density at radius 3 is 2.79 bits per heavy atom. The molecule has 0 fully saturated rings. The first kappa shape index (κ1) is 26.9. The summed E-state index contributed by atoms with van der Waals surface area (Å²) in [6.45, 7) is 5.73. The Morgan fingerprint density at radius 2 is 2.11 bits per heavy atom. The molecule has 1 atom stereocenters. The molecule has 198 valence electrons. The number of fused-ring (bicyclic) bond motifs is 1. The van der Waals surface area contributed by atoms with E-state index in [9.17, 15) is 9.18 Å². The number of aliphatic imine (C=N–C) groups is 2. The van der Waals surface area contributed by atoms with Crippen LogP contribution >= 0.6 is 11.6 Å². The van der Waals surface area contributed by atoms with Gasteiger partial charge in [0.05, 0.1) is 5.57 Å². The molecule has 0 saturated carbocycles. The number of hydrogen-bond donors (Lipinski definition) is 4. The second-order valence-corrected chi connectivity index (χ2v) is 9.16. The number of carbonyl (C=O) groups is 1. The molecule has 0 spiro atoms. The molecular weight excluding hydrogens is 509 g/mol. The highest BCUT2D eigenvalue weighted by Gasteiger charge is 2.31. The Labute approximate surface area is 224 Å². The number of aryl methyl sites for hydroxylation is 2. The molecule has 0 bridgehead atoms. The SMILES string of the molecule is CCc1c(F)ccc2nc(NC3=NC(c4ccc(C)cc4Cl)C(C(=O)NCC(C=NC)=CN)=C(C)N3)oc12. The van der Waals surface area contributed by atoms with E-state index < -0.39 is 6.04 Å². The van der Waals surface area contributed by atoms with Gasteiger partial charge in [0.15, 0.2) is 5.58 Å². The largest absolute Gasteiger partial charge is 0.423 e. The number of nitrogens with two attached hydrogens (primary N) is 1. The van der Waals surface area contributed by atoms with E-state index >= 15 is 0 Å². The van der Waals surface area contributed by atoms with Gasteiger partial charge in [-0.25, -0.2) is 9.38 Å². The highest BCUT2D eigenvalue weighted by atomic mass is 35.5. The lowest BCUT2D eigenvalue weighted by molar-refractivity contribution is -0.117. The Kier molecular flexibility index (Phi) is 8.11. The Hall–Kier alpha value is -4.18. The van der Waals surface area contributed by atoms with Gasteiger partial charge in [-0.1, -0.05) is 30.7 Å². The van der Waals surface area contributed by atoms with Crippen molar-refractivity contribution in [1.82, 2.24) is 15.6 Å². The topological polar surface area (TPSA) is 130 Å². The summed E-state index contributed by atoms with van der Waals surface area (Å²) in [6.07, 6.45) is 3.42. The van der Waals surface area contributed by atoms with Gasteiger partial charge < -0.3 is 20.8 Å². The summed E-state index contributed by atoms with van der Waals surface area (Å²) in [4.78, 5) is 26.5. The van der Waals surface area contributed by atoms with Crippen LogP contribution < -0.4 is 21.7 Å². The van der Waals surface area contributed by atoms with Crippen LogP contribution in [0.4, 0.5) is 10.4 Å². The number of halogens is 2.